The highest BCUT2D eigenvalue weighted by molar-refractivity contribution is 5.21. The van der Waals surface area contributed by atoms with Crippen LogP contribution >= 0.6 is 0 Å². The first-order valence-corrected chi connectivity index (χ1v) is 9.35. The summed E-state index contributed by atoms with van der Waals surface area (Å²) < 4.78 is 10.8. The van der Waals surface area contributed by atoms with Gasteiger partial charge in [-0.3, -0.25) is 0 Å². The molecule has 1 aliphatic rings. The van der Waals surface area contributed by atoms with Gasteiger partial charge in [0.05, 0.1) is 0 Å². The van der Waals surface area contributed by atoms with E-state index in [9.17, 15) is 4.79 Å². The molecule has 0 radical (unpaired) electrons. The molecule has 1 aromatic rings. The fourth-order valence-corrected chi connectivity index (χ4v) is 3.96. The molecule has 0 spiro atoms. The van der Waals surface area contributed by atoms with Crippen LogP contribution in [-0.2, 0) is 11.8 Å². The van der Waals surface area contributed by atoms with Crippen LogP contribution in [0.3, 0.4) is 0 Å². The zero-order chi connectivity index (χ0) is 15.8. The lowest BCUT2D eigenvalue weighted by molar-refractivity contribution is 0.233. The molecule has 1 heterocycles. The first-order chi connectivity index (χ1) is 10.7. The molecule has 0 aliphatic heterocycles. The molecule has 0 bridgehead atoms. The lowest BCUT2D eigenvalue weighted by Crippen LogP contribution is -2.30. The van der Waals surface area contributed by atoms with E-state index in [-0.39, 0.29) is 5.41 Å². The Hall–Kier alpha value is -0.990. The van der Waals surface area contributed by atoms with Gasteiger partial charge in [-0.1, -0.05) is 65.2 Å². The molecular formula is C19H32O3. The summed E-state index contributed by atoms with van der Waals surface area (Å²) in [6.07, 6.45) is 15.6. The van der Waals surface area contributed by atoms with Crippen LogP contribution in [0.4, 0.5) is 0 Å². The van der Waals surface area contributed by atoms with Crippen molar-refractivity contribution in [3.63, 3.8) is 0 Å². The monoisotopic (exact) mass is 308 g/mol. The summed E-state index contributed by atoms with van der Waals surface area (Å²) in [7, 11) is 0. The van der Waals surface area contributed by atoms with Gasteiger partial charge in [-0.15, -0.1) is 0 Å². The number of unbranched alkanes of at least 4 members (excludes halogenated alkanes) is 6. The van der Waals surface area contributed by atoms with E-state index >= 15 is 0 Å². The average molecular weight is 308 g/mol. The molecule has 3 heteroatoms. The third-order valence-electron chi connectivity index (χ3n) is 5.20. The van der Waals surface area contributed by atoms with Gasteiger partial charge >= 0.3 is 5.82 Å². The Morgan fingerprint density at radius 3 is 2.14 bits per heavy atom. The van der Waals surface area contributed by atoms with E-state index in [0.29, 0.717) is 0 Å². The highest BCUT2D eigenvalue weighted by Gasteiger charge is 2.40. The molecule has 0 unspecified atom stereocenters. The summed E-state index contributed by atoms with van der Waals surface area (Å²) in [5.41, 5.74) is 0.0707. The standard InChI is InChI=1S/C19H32O3/c1-3-5-7-9-13-19(14-10-8-6-4-2)15-11-12-16-17(19)22-18(20)21-16/h3-15H2,1-2H3. The van der Waals surface area contributed by atoms with E-state index in [1.807, 2.05) is 0 Å². The summed E-state index contributed by atoms with van der Waals surface area (Å²) in [6, 6.07) is 0. The summed E-state index contributed by atoms with van der Waals surface area (Å²) in [5, 5.41) is 0. The van der Waals surface area contributed by atoms with Crippen LogP contribution < -0.4 is 5.82 Å². The SMILES string of the molecule is CCCCCCC1(CCCCCC)CCCc2oc(=O)oc21. The van der Waals surface area contributed by atoms with E-state index in [4.69, 9.17) is 8.83 Å². The van der Waals surface area contributed by atoms with Gasteiger partial charge in [0.2, 0.25) is 0 Å². The Morgan fingerprint density at radius 2 is 1.55 bits per heavy atom. The van der Waals surface area contributed by atoms with Gasteiger partial charge in [0.15, 0.2) is 11.5 Å². The number of aryl methyl sites for hydroxylation is 1. The van der Waals surface area contributed by atoms with Crippen LogP contribution in [-0.4, -0.2) is 0 Å². The number of fused-ring (bicyclic) bond motifs is 1. The van der Waals surface area contributed by atoms with Gasteiger partial charge in [-0.2, -0.15) is 0 Å². The van der Waals surface area contributed by atoms with E-state index in [2.05, 4.69) is 13.8 Å². The van der Waals surface area contributed by atoms with Crippen molar-refractivity contribution in [2.45, 2.75) is 103 Å². The van der Waals surface area contributed by atoms with Crippen LogP contribution in [0.5, 0.6) is 0 Å². The predicted octanol–water partition coefficient (Wildman–Crippen LogP) is 5.75. The van der Waals surface area contributed by atoms with Crippen molar-refractivity contribution >= 4 is 0 Å². The molecule has 1 aromatic heterocycles. The van der Waals surface area contributed by atoms with Crippen molar-refractivity contribution < 1.29 is 8.83 Å². The fraction of sp³-hybridized carbons (Fsp3) is 0.842. The van der Waals surface area contributed by atoms with Gasteiger partial charge in [-0.25, -0.2) is 4.79 Å². The lowest BCUT2D eigenvalue weighted by atomic mass is 9.69. The van der Waals surface area contributed by atoms with Crippen LogP contribution in [0.15, 0.2) is 13.6 Å². The van der Waals surface area contributed by atoms with Crippen molar-refractivity contribution in [2.75, 3.05) is 0 Å². The quantitative estimate of drug-likeness (QED) is 0.517. The van der Waals surface area contributed by atoms with Gasteiger partial charge in [-0.05, 0) is 25.7 Å². The van der Waals surface area contributed by atoms with Gasteiger partial charge in [0, 0.05) is 11.8 Å². The topological polar surface area (TPSA) is 43.4 Å². The van der Waals surface area contributed by atoms with Crippen molar-refractivity contribution in [1.29, 1.82) is 0 Å². The van der Waals surface area contributed by atoms with E-state index in [0.717, 1.165) is 43.6 Å². The molecule has 0 amide bonds. The second-order valence-electron chi connectivity index (χ2n) is 6.96. The second-order valence-corrected chi connectivity index (χ2v) is 6.96. The minimum atomic E-state index is -0.501. The molecule has 22 heavy (non-hydrogen) atoms. The van der Waals surface area contributed by atoms with Crippen molar-refractivity contribution in [3.05, 3.63) is 22.1 Å². The van der Waals surface area contributed by atoms with Crippen LogP contribution in [0, 0.1) is 0 Å². The Labute approximate surface area is 134 Å². The summed E-state index contributed by atoms with van der Waals surface area (Å²) in [6.45, 7) is 4.49. The molecule has 2 rings (SSSR count). The Bertz CT molecular complexity index is 471. The zero-order valence-electron chi connectivity index (χ0n) is 14.4. The van der Waals surface area contributed by atoms with Gasteiger partial charge < -0.3 is 8.83 Å². The molecule has 126 valence electrons. The third-order valence-corrected chi connectivity index (χ3v) is 5.20. The second kappa shape index (κ2) is 8.59. The van der Waals surface area contributed by atoms with Crippen molar-refractivity contribution in [1.82, 2.24) is 0 Å². The van der Waals surface area contributed by atoms with Gasteiger partial charge in [0.1, 0.15) is 0 Å². The Balaban J connectivity index is 2.09. The minimum absolute atomic E-state index is 0.0707. The first kappa shape index (κ1) is 17.4. The Kier molecular flexibility index (Phi) is 6.78. The normalized spacial score (nSPS) is 16.6. The average Bonchev–Trinajstić information content (AvgIpc) is 2.90. The van der Waals surface area contributed by atoms with Gasteiger partial charge in [0.25, 0.3) is 0 Å². The maximum atomic E-state index is 11.6. The fourth-order valence-electron chi connectivity index (χ4n) is 3.96. The highest BCUT2D eigenvalue weighted by atomic mass is 16.6. The van der Waals surface area contributed by atoms with Crippen LogP contribution in [0.1, 0.15) is 102 Å². The minimum Gasteiger partial charge on any atom is -0.396 e. The zero-order valence-corrected chi connectivity index (χ0v) is 14.4. The van der Waals surface area contributed by atoms with E-state index in [1.54, 1.807) is 0 Å². The number of hydrogen-bond donors (Lipinski definition) is 0. The lowest BCUT2D eigenvalue weighted by Gasteiger charge is -2.35. The van der Waals surface area contributed by atoms with Crippen molar-refractivity contribution in [3.8, 4) is 0 Å². The van der Waals surface area contributed by atoms with Crippen LogP contribution in [0.25, 0.3) is 0 Å². The molecule has 0 aromatic carbocycles. The summed E-state index contributed by atoms with van der Waals surface area (Å²) >= 11 is 0. The molecule has 0 saturated carbocycles. The summed E-state index contributed by atoms with van der Waals surface area (Å²) in [4.78, 5) is 11.6. The first-order valence-electron chi connectivity index (χ1n) is 9.35. The van der Waals surface area contributed by atoms with Crippen LogP contribution in [0.2, 0.25) is 0 Å². The van der Waals surface area contributed by atoms with Crippen molar-refractivity contribution in [2.24, 2.45) is 0 Å². The Morgan fingerprint density at radius 1 is 0.909 bits per heavy atom. The molecule has 1 aliphatic carbocycles. The smallest absolute Gasteiger partial charge is 0.396 e. The molecule has 0 atom stereocenters. The largest absolute Gasteiger partial charge is 0.519 e. The van der Waals surface area contributed by atoms with E-state index < -0.39 is 5.82 Å². The predicted molar refractivity (Wildman–Crippen MR) is 89.4 cm³/mol. The number of rotatable bonds is 10. The molecule has 3 nitrogen and oxygen atoms in total. The van der Waals surface area contributed by atoms with E-state index in [1.165, 1.54) is 51.4 Å². The maximum Gasteiger partial charge on any atom is 0.519 e. The highest BCUT2D eigenvalue weighted by Crippen LogP contribution is 2.44. The third kappa shape index (κ3) is 4.27. The number of hydrogen-bond acceptors (Lipinski definition) is 3. The molecule has 0 fully saturated rings. The molecular weight excluding hydrogens is 276 g/mol. The summed E-state index contributed by atoms with van der Waals surface area (Å²) in [5.74, 6) is 1.23. The molecule has 0 N–H and O–H groups in total. The molecule has 0 saturated heterocycles. The maximum absolute atomic E-state index is 11.6.